The number of nitrogens with zero attached hydrogens (tertiary/aromatic N) is 3. The lowest BCUT2D eigenvalue weighted by atomic mass is 9.83. The molecular weight excluding hydrogens is 430 g/mol. The molecule has 8 nitrogen and oxygen atoms in total. The summed E-state index contributed by atoms with van der Waals surface area (Å²) >= 11 is 0. The Kier molecular flexibility index (Phi) is 6.64. The number of nitriles is 1. The highest BCUT2D eigenvalue weighted by Crippen LogP contribution is 2.46. The number of hydrogen-bond acceptors (Lipinski definition) is 7. The van der Waals surface area contributed by atoms with E-state index in [9.17, 15) is 5.26 Å². The third-order valence-corrected chi connectivity index (χ3v) is 6.05. The van der Waals surface area contributed by atoms with Crippen LogP contribution in [0.3, 0.4) is 0 Å². The predicted molar refractivity (Wildman–Crippen MR) is 131 cm³/mol. The van der Waals surface area contributed by atoms with Crippen molar-refractivity contribution in [1.82, 2.24) is 10.2 Å². The first kappa shape index (κ1) is 23.1. The number of nitrogens with one attached hydrogen (secondary N) is 1. The molecule has 8 heteroatoms. The number of aromatic amines is 1. The van der Waals surface area contributed by atoms with Crippen LogP contribution in [-0.2, 0) is 0 Å². The summed E-state index contributed by atoms with van der Waals surface area (Å²) in [6.45, 7) is 8.54. The molecule has 3 aromatic rings. The standard InChI is InChI=1S/C26H29N5O3/c1-5-31(6-2)18-11-8-16(9-12-18)22-19(15-27)25(28)34-26-23(22)24(29-30-26)17-10-13-20(33-7-3)21(14-17)32-4/h8-14,22H,5-7,28H2,1-4H3,(H,29,30). The van der Waals surface area contributed by atoms with Crippen LogP contribution < -0.4 is 24.8 Å². The Bertz CT molecular complexity index is 1240. The molecule has 4 rings (SSSR count). The van der Waals surface area contributed by atoms with Crippen LogP contribution >= 0.6 is 0 Å². The van der Waals surface area contributed by atoms with Crippen molar-refractivity contribution in [1.29, 1.82) is 5.26 Å². The Balaban J connectivity index is 1.83. The molecule has 0 bridgehead atoms. The zero-order chi connectivity index (χ0) is 24.2. The highest BCUT2D eigenvalue weighted by Gasteiger charge is 2.35. The number of H-pyrrole nitrogens is 1. The third-order valence-electron chi connectivity index (χ3n) is 6.05. The lowest BCUT2D eigenvalue weighted by Gasteiger charge is -2.25. The molecule has 34 heavy (non-hydrogen) atoms. The van der Waals surface area contributed by atoms with Crippen LogP contribution in [0.5, 0.6) is 17.4 Å². The number of hydrogen-bond donors (Lipinski definition) is 2. The van der Waals surface area contributed by atoms with Gasteiger partial charge in [0.15, 0.2) is 11.5 Å². The SMILES string of the molecule is CCOc1ccc(-c2[nH]nc3c2C(c2ccc(N(CC)CC)cc2)C(C#N)=C(N)O3)cc1OC. The fourth-order valence-electron chi connectivity index (χ4n) is 4.36. The third kappa shape index (κ3) is 4.01. The first-order valence-corrected chi connectivity index (χ1v) is 11.4. The van der Waals surface area contributed by atoms with Gasteiger partial charge >= 0.3 is 0 Å². The van der Waals surface area contributed by atoms with E-state index in [0.29, 0.717) is 29.6 Å². The number of fused-ring (bicyclic) bond motifs is 1. The van der Waals surface area contributed by atoms with E-state index in [-0.39, 0.29) is 5.88 Å². The zero-order valence-corrected chi connectivity index (χ0v) is 19.9. The number of ether oxygens (including phenoxy) is 3. The average molecular weight is 460 g/mol. The van der Waals surface area contributed by atoms with Gasteiger partial charge in [0.2, 0.25) is 11.8 Å². The second kappa shape index (κ2) is 9.79. The number of anilines is 1. The minimum Gasteiger partial charge on any atom is -0.493 e. The summed E-state index contributed by atoms with van der Waals surface area (Å²) < 4.78 is 16.9. The van der Waals surface area contributed by atoms with E-state index in [1.165, 1.54) is 0 Å². The molecule has 1 unspecified atom stereocenters. The number of methoxy groups -OCH3 is 1. The molecule has 1 atom stereocenters. The lowest BCUT2D eigenvalue weighted by Crippen LogP contribution is -2.22. The summed E-state index contributed by atoms with van der Waals surface area (Å²) in [6, 6.07) is 16.1. The van der Waals surface area contributed by atoms with E-state index < -0.39 is 5.92 Å². The molecule has 0 amide bonds. The molecule has 1 aromatic heterocycles. The van der Waals surface area contributed by atoms with Gasteiger partial charge in [-0.3, -0.25) is 5.10 Å². The fraction of sp³-hybridized carbons (Fsp3) is 0.308. The van der Waals surface area contributed by atoms with E-state index in [0.717, 1.165) is 41.2 Å². The molecule has 0 spiro atoms. The predicted octanol–water partition coefficient (Wildman–Crippen LogP) is 4.55. The van der Waals surface area contributed by atoms with E-state index in [4.69, 9.17) is 19.9 Å². The van der Waals surface area contributed by atoms with Crippen LogP contribution in [0.4, 0.5) is 5.69 Å². The maximum absolute atomic E-state index is 9.97. The number of aromatic nitrogens is 2. The molecule has 3 N–H and O–H groups in total. The molecule has 2 heterocycles. The van der Waals surface area contributed by atoms with Crippen LogP contribution in [0, 0.1) is 11.3 Å². The summed E-state index contributed by atoms with van der Waals surface area (Å²) in [5.41, 5.74) is 10.9. The molecule has 1 aliphatic heterocycles. The van der Waals surface area contributed by atoms with Gasteiger partial charge < -0.3 is 24.8 Å². The molecule has 0 saturated heterocycles. The summed E-state index contributed by atoms with van der Waals surface area (Å²) in [7, 11) is 1.60. The topological polar surface area (TPSA) is 109 Å². The van der Waals surface area contributed by atoms with Gasteiger partial charge in [-0.2, -0.15) is 5.26 Å². The van der Waals surface area contributed by atoms with Crippen molar-refractivity contribution in [2.24, 2.45) is 5.73 Å². The summed E-state index contributed by atoms with van der Waals surface area (Å²) in [5, 5.41) is 17.4. The molecule has 0 aliphatic carbocycles. The van der Waals surface area contributed by atoms with Crippen LogP contribution in [0.1, 0.15) is 37.8 Å². The zero-order valence-electron chi connectivity index (χ0n) is 19.9. The first-order chi connectivity index (χ1) is 16.6. The monoisotopic (exact) mass is 459 g/mol. The fourth-order valence-corrected chi connectivity index (χ4v) is 4.36. The average Bonchev–Trinajstić information content (AvgIpc) is 3.28. The van der Waals surface area contributed by atoms with Crippen molar-refractivity contribution in [2.45, 2.75) is 26.7 Å². The van der Waals surface area contributed by atoms with Crippen molar-refractivity contribution in [3.63, 3.8) is 0 Å². The lowest BCUT2D eigenvalue weighted by molar-refractivity contribution is 0.311. The van der Waals surface area contributed by atoms with Gasteiger partial charge in [0.05, 0.1) is 30.9 Å². The van der Waals surface area contributed by atoms with E-state index >= 15 is 0 Å². The molecule has 1 aliphatic rings. The van der Waals surface area contributed by atoms with Gasteiger partial charge in [-0.05, 0) is 56.7 Å². The van der Waals surface area contributed by atoms with E-state index in [2.05, 4.69) is 47.1 Å². The van der Waals surface area contributed by atoms with Crippen LogP contribution in [-0.4, -0.2) is 37.0 Å². The first-order valence-electron chi connectivity index (χ1n) is 11.4. The van der Waals surface area contributed by atoms with Gasteiger partial charge in [-0.1, -0.05) is 12.1 Å². The van der Waals surface area contributed by atoms with Crippen LogP contribution in [0.2, 0.25) is 0 Å². The highest BCUT2D eigenvalue weighted by atomic mass is 16.5. The quantitative estimate of drug-likeness (QED) is 0.509. The van der Waals surface area contributed by atoms with Crippen molar-refractivity contribution in [3.05, 3.63) is 65.0 Å². The minimum atomic E-state index is -0.425. The highest BCUT2D eigenvalue weighted by molar-refractivity contribution is 5.73. The smallest absolute Gasteiger partial charge is 0.244 e. The second-order valence-corrected chi connectivity index (χ2v) is 7.80. The Morgan fingerprint density at radius 2 is 1.85 bits per heavy atom. The van der Waals surface area contributed by atoms with E-state index in [1.807, 2.05) is 37.3 Å². The van der Waals surface area contributed by atoms with E-state index in [1.54, 1.807) is 7.11 Å². The van der Waals surface area contributed by atoms with Crippen molar-refractivity contribution < 1.29 is 14.2 Å². The van der Waals surface area contributed by atoms with Crippen molar-refractivity contribution in [3.8, 4) is 34.7 Å². The molecule has 0 fully saturated rings. The molecule has 176 valence electrons. The minimum absolute atomic E-state index is 0.0649. The summed E-state index contributed by atoms with van der Waals surface area (Å²) in [6.07, 6.45) is 0. The maximum atomic E-state index is 9.97. The molecule has 0 saturated carbocycles. The Labute approximate surface area is 199 Å². The van der Waals surface area contributed by atoms with Gasteiger partial charge in [0, 0.05) is 24.3 Å². The molecular formula is C26H29N5O3. The van der Waals surface area contributed by atoms with Crippen LogP contribution in [0.25, 0.3) is 11.3 Å². The maximum Gasteiger partial charge on any atom is 0.244 e. The number of nitrogens with two attached hydrogens (primary N) is 1. The Morgan fingerprint density at radius 3 is 2.47 bits per heavy atom. The number of benzene rings is 2. The number of allylic oxidation sites excluding steroid dienone is 1. The Hall–Kier alpha value is -4.12. The van der Waals surface area contributed by atoms with Gasteiger partial charge in [0.25, 0.3) is 0 Å². The molecule has 2 aromatic carbocycles. The van der Waals surface area contributed by atoms with Gasteiger partial charge in [0.1, 0.15) is 11.6 Å². The van der Waals surface area contributed by atoms with Crippen LogP contribution in [0.15, 0.2) is 53.9 Å². The largest absolute Gasteiger partial charge is 0.493 e. The summed E-state index contributed by atoms with van der Waals surface area (Å²) in [4.78, 5) is 2.27. The Morgan fingerprint density at radius 1 is 1.12 bits per heavy atom. The second-order valence-electron chi connectivity index (χ2n) is 7.80. The number of rotatable bonds is 8. The van der Waals surface area contributed by atoms with Gasteiger partial charge in [-0.25, -0.2) is 0 Å². The van der Waals surface area contributed by atoms with Crippen molar-refractivity contribution in [2.75, 3.05) is 31.7 Å². The van der Waals surface area contributed by atoms with Crippen molar-refractivity contribution >= 4 is 5.69 Å². The normalized spacial score (nSPS) is 14.7. The summed E-state index contributed by atoms with van der Waals surface area (Å²) in [5.74, 6) is 1.26. The van der Waals surface area contributed by atoms with Gasteiger partial charge in [-0.15, -0.1) is 5.10 Å². The molecule has 0 radical (unpaired) electrons.